The quantitative estimate of drug-likeness (QED) is 0.403. The van der Waals surface area contributed by atoms with Crippen molar-refractivity contribution in [1.29, 1.82) is 0 Å². The molecule has 0 aromatic carbocycles. The molecule has 0 aliphatic heterocycles. The predicted molar refractivity (Wildman–Crippen MR) is 44.9 cm³/mol. The Morgan fingerprint density at radius 3 is 1.90 bits per heavy atom. The molecule has 0 heterocycles. The van der Waals surface area contributed by atoms with Crippen LogP contribution in [0.25, 0.3) is 0 Å². The average Bonchev–Trinajstić information content (AvgIpc) is 2.11. The molecule has 0 aromatic rings. The van der Waals surface area contributed by atoms with Crippen molar-refractivity contribution in [3.05, 3.63) is 24.3 Å². The zero-order valence-corrected chi connectivity index (χ0v) is 9.50. The zero-order chi connectivity index (χ0) is 7.11. The zero-order valence-electron chi connectivity index (χ0n) is 6.94. The molecule has 0 saturated carbocycles. The van der Waals surface area contributed by atoms with E-state index < -0.39 is 0 Å². The van der Waals surface area contributed by atoms with Crippen molar-refractivity contribution in [1.82, 2.24) is 0 Å². The Balaban J connectivity index is 0. The minimum atomic E-state index is 0. The van der Waals surface area contributed by atoms with Gasteiger partial charge in [-0.2, -0.15) is 6.08 Å². The summed E-state index contributed by atoms with van der Waals surface area (Å²) in [6.45, 7) is 6.81. The fourth-order valence-electron chi connectivity index (χ4n) is 0.340. The van der Waals surface area contributed by atoms with Gasteiger partial charge in [-0.3, -0.25) is 6.08 Å². The van der Waals surface area contributed by atoms with Crippen molar-refractivity contribution < 1.29 is 21.7 Å². The van der Waals surface area contributed by atoms with Crippen LogP contribution >= 0.6 is 0 Å². The summed E-state index contributed by atoms with van der Waals surface area (Å²) in [6, 6.07) is 0. The van der Waals surface area contributed by atoms with Gasteiger partial charge in [0.15, 0.2) is 0 Å². The van der Waals surface area contributed by atoms with Crippen LogP contribution < -0.4 is 0 Å². The minimum absolute atomic E-state index is 0. The molecule has 55 valence electrons. The molecule has 0 spiro atoms. The van der Waals surface area contributed by atoms with Gasteiger partial charge in [-0.05, 0) is 0 Å². The van der Waals surface area contributed by atoms with Crippen LogP contribution in [-0.2, 0) is 21.7 Å². The third kappa shape index (κ3) is 15.8. The summed E-state index contributed by atoms with van der Waals surface area (Å²) in [5.74, 6) is 0. The van der Waals surface area contributed by atoms with E-state index in [2.05, 4.69) is 31.8 Å². The average molecular weight is 186 g/mol. The van der Waals surface area contributed by atoms with Crippen LogP contribution in [0.15, 0.2) is 18.2 Å². The summed E-state index contributed by atoms with van der Waals surface area (Å²) in [5, 5.41) is 0. The van der Waals surface area contributed by atoms with Gasteiger partial charge in [-0.25, -0.2) is 12.2 Å². The summed E-state index contributed by atoms with van der Waals surface area (Å²) >= 11 is 0. The van der Waals surface area contributed by atoms with Crippen LogP contribution in [-0.4, -0.2) is 8.80 Å². The molecule has 1 aliphatic rings. The normalized spacial score (nSPS) is 12.4. The first-order chi connectivity index (χ1) is 4.23. The molecule has 0 unspecified atom stereocenters. The summed E-state index contributed by atoms with van der Waals surface area (Å²) in [6.07, 6.45) is 10.0. The molecule has 0 atom stereocenters. The molecular formula is C8H14SiTi-. The van der Waals surface area contributed by atoms with Gasteiger partial charge in [0.25, 0.3) is 0 Å². The topological polar surface area (TPSA) is 0 Å². The van der Waals surface area contributed by atoms with E-state index in [0.717, 1.165) is 6.42 Å². The van der Waals surface area contributed by atoms with Crippen LogP contribution in [0, 0.1) is 6.08 Å². The van der Waals surface area contributed by atoms with E-state index in [1.807, 2.05) is 12.2 Å². The van der Waals surface area contributed by atoms with Crippen molar-refractivity contribution >= 4 is 8.80 Å². The summed E-state index contributed by atoms with van der Waals surface area (Å²) < 4.78 is 0. The maximum atomic E-state index is 2.99. The van der Waals surface area contributed by atoms with Gasteiger partial charge in [0.05, 0.1) is 0 Å². The fraction of sp³-hybridized carbons (Fsp3) is 0.500. The van der Waals surface area contributed by atoms with Crippen molar-refractivity contribution in [2.75, 3.05) is 0 Å². The molecule has 1 rings (SSSR count). The van der Waals surface area contributed by atoms with Crippen LogP contribution in [0.3, 0.4) is 0 Å². The Labute approximate surface area is 80.9 Å². The number of hydrogen-bond acceptors (Lipinski definition) is 0. The van der Waals surface area contributed by atoms with Crippen molar-refractivity contribution in [2.24, 2.45) is 0 Å². The second-order valence-corrected chi connectivity index (χ2v) is 5.50. The molecule has 0 fully saturated rings. The summed E-state index contributed by atoms with van der Waals surface area (Å²) in [4.78, 5) is 0. The summed E-state index contributed by atoms with van der Waals surface area (Å²) in [7, 11) is 0.120. The monoisotopic (exact) mass is 186 g/mol. The Hall–Kier alpha value is 0.411. The van der Waals surface area contributed by atoms with Crippen LogP contribution in [0.5, 0.6) is 0 Å². The Morgan fingerprint density at radius 2 is 1.80 bits per heavy atom. The number of rotatable bonds is 0. The molecule has 0 N–H and O–H groups in total. The minimum Gasteiger partial charge on any atom is -0.273 e. The van der Waals surface area contributed by atoms with E-state index in [1.165, 1.54) is 0 Å². The molecule has 2 heteroatoms. The largest absolute Gasteiger partial charge is 0.273 e. The molecule has 1 radical (unpaired) electrons. The van der Waals surface area contributed by atoms with Gasteiger partial charge in [-0.15, -0.1) is 6.42 Å². The van der Waals surface area contributed by atoms with E-state index in [-0.39, 0.29) is 30.5 Å². The molecule has 0 aromatic heterocycles. The second kappa shape index (κ2) is 9.41. The maximum Gasteiger partial charge on any atom is 0.0379 e. The van der Waals surface area contributed by atoms with Gasteiger partial charge in [0.2, 0.25) is 0 Å². The molecular weight excluding hydrogens is 172 g/mol. The Morgan fingerprint density at radius 1 is 1.30 bits per heavy atom. The van der Waals surface area contributed by atoms with E-state index in [1.54, 1.807) is 0 Å². The maximum absolute atomic E-state index is 2.99. The molecule has 0 saturated heterocycles. The first-order valence-corrected chi connectivity index (χ1v) is 6.22. The van der Waals surface area contributed by atoms with E-state index in [4.69, 9.17) is 0 Å². The van der Waals surface area contributed by atoms with Crippen molar-refractivity contribution in [3.63, 3.8) is 0 Å². The SMILES string of the molecule is C[Si](C)C.[C-]1=CC=CC1.[Ti]. The molecule has 0 amide bonds. The van der Waals surface area contributed by atoms with Gasteiger partial charge in [-0.1, -0.05) is 19.6 Å². The van der Waals surface area contributed by atoms with Gasteiger partial charge in [0, 0.05) is 30.5 Å². The fourth-order valence-corrected chi connectivity index (χ4v) is 0.340. The number of hydrogen-bond donors (Lipinski definition) is 0. The number of allylic oxidation sites excluding steroid dienone is 4. The van der Waals surface area contributed by atoms with Crippen LogP contribution in [0.4, 0.5) is 0 Å². The van der Waals surface area contributed by atoms with Crippen LogP contribution in [0.1, 0.15) is 6.42 Å². The first-order valence-electron chi connectivity index (χ1n) is 3.22. The summed E-state index contributed by atoms with van der Waals surface area (Å²) in [5.41, 5.74) is 0. The van der Waals surface area contributed by atoms with Gasteiger partial charge >= 0.3 is 0 Å². The molecule has 10 heavy (non-hydrogen) atoms. The van der Waals surface area contributed by atoms with E-state index in [0.29, 0.717) is 0 Å². The second-order valence-electron chi connectivity index (χ2n) is 2.50. The Bertz CT molecular complexity index is 93.1. The Kier molecular flexibility index (Phi) is 12.3. The third-order valence-corrected chi connectivity index (χ3v) is 0.586. The predicted octanol–water partition coefficient (Wildman–Crippen LogP) is 2.67. The molecule has 0 nitrogen and oxygen atoms in total. The molecule has 0 bridgehead atoms. The van der Waals surface area contributed by atoms with Crippen molar-refractivity contribution in [3.8, 4) is 0 Å². The molecule has 1 aliphatic carbocycles. The van der Waals surface area contributed by atoms with Crippen molar-refractivity contribution in [2.45, 2.75) is 26.1 Å². The van der Waals surface area contributed by atoms with E-state index >= 15 is 0 Å². The standard InChI is InChI=1S/C5H5.C3H9Si.Ti/c1-2-4-5-3-1;1-4(2)3;/h1-3H,4H2;1-3H3;/q-1;;. The third-order valence-electron chi connectivity index (χ3n) is 0.586. The first kappa shape index (κ1) is 13.0. The van der Waals surface area contributed by atoms with E-state index in [9.17, 15) is 0 Å². The van der Waals surface area contributed by atoms with Gasteiger partial charge < -0.3 is 0 Å². The van der Waals surface area contributed by atoms with Gasteiger partial charge in [0.1, 0.15) is 0 Å². The van der Waals surface area contributed by atoms with Crippen LogP contribution in [0.2, 0.25) is 19.6 Å². The smallest absolute Gasteiger partial charge is 0.0379 e.